The zero-order chi connectivity index (χ0) is 35.3. The second-order valence-corrected chi connectivity index (χ2v) is 15.2. The summed E-state index contributed by atoms with van der Waals surface area (Å²) in [6, 6.07) is 4.29. The van der Waals surface area contributed by atoms with E-state index in [1.165, 1.54) is 0 Å². The van der Waals surface area contributed by atoms with Crippen LogP contribution in [-0.2, 0) is 19.8 Å². The fourth-order valence-corrected chi connectivity index (χ4v) is 7.59. The number of anilines is 2. The van der Waals surface area contributed by atoms with Crippen LogP contribution in [0.25, 0.3) is 5.57 Å². The third-order valence-corrected chi connectivity index (χ3v) is 11.6. The molecule has 0 bridgehead atoms. The van der Waals surface area contributed by atoms with Crippen LogP contribution in [0.1, 0.15) is 118 Å². The number of fused-ring (bicyclic) bond motifs is 2. The molecule has 0 saturated carbocycles. The van der Waals surface area contributed by atoms with Gasteiger partial charge >= 0.3 is 0 Å². The van der Waals surface area contributed by atoms with Crippen molar-refractivity contribution in [1.29, 1.82) is 0 Å². The summed E-state index contributed by atoms with van der Waals surface area (Å²) in [7, 11) is 4.08. The number of aliphatic imine (C=N–C) groups is 1. The van der Waals surface area contributed by atoms with Crippen LogP contribution in [-0.4, -0.2) is 59.5 Å². The lowest BCUT2D eigenvalue weighted by Crippen LogP contribution is -2.36. The van der Waals surface area contributed by atoms with E-state index in [-0.39, 0.29) is 57.4 Å². The van der Waals surface area contributed by atoms with Crippen LogP contribution in [0.5, 0.6) is 0 Å². The maximum atomic E-state index is 14.3. The predicted molar refractivity (Wildman–Crippen MR) is 195 cm³/mol. The number of ketones is 1. The van der Waals surface area contributed by atoms with E-state index >= 15 is 0 Å². The van der Waals surface area contributed by atoms with Crippen LogP contribution < -0.4 is 10.2 Å². The number of nitrogens with one attached hydrogen (secondary N) is 1. The first-order valence-electron chi connectivity index (χ1n) is 17.8. The van der Waals surface area contributed by atoms with Gasteiger partial charge in [-0.15, -0.1) is 0 Å². The molecule has 258 valence electrons. The van der Waals surface area contributed by atoms with Gasteiger partial charge in [0.1, 0.15) is 5.76 Å². The highest BCUT2D eigenvalue weighted by Crippen LogP contribution is 2.52. The molecule has 1 aromatic rings. The zero-order valence-corrected chi connectivity index (χ0v) is 30.6. The highest BCUT2D eigenvalue weighted by molar-refractivity contribution is 6.42. The number of amides is 2. The molecule has 2 N–H and O–H groups in total. The van der Waals surface area contributed by atoms with E-state index in [9.17, 15) is 19.5 Å². The summed E-state index contributed by atoms with van der Waals surface area (Å²) >= 11 is 0. The topological polar surface area (TPSA) is 102 Å². The fraction of sp³-hybridized carbons (Fsp3) is 0.550. The molecule has 1 saturated heterocycles. The third-order valence-electron chi connectivity index (χ3n) is 11.6. The Morgan fingerprint density at radius 1 is 0.875 bits per heavy atom. The normalized spacial score (nSPS) is 24.8. The number of carbonyl (C=O) groups excluding carboxylic acids is 3. The maximum Gasteiger partial charge on any atom is 0.246 e. The number of benzene rings is 1. The first kappa shape index (κ1) is 35.4. The minimum atomic E-state index is -0.321. The summed E-state index contributed by atoms with van der Waals surface area (Å²) in [4.78, 5) is 49.4. The van der Waals surface area contributed by atoms with E-state index in [4.69, 9.17) is 0 Å². The Kier molecular flexibility index (Phi) is 9.70. The Morgan fingerprint density at radius 3 is 2.12 bits per heavy atom. The van der Waals surface area contributed by atoms with Gasteiger partial charge < -0.3 is 20.2 Å². The molecule has 8 nitrogen and oxygen atoms in total. The van der Waals surface area contributed by atoms with Gasteiger partial charge in [0, 0.05) is 72.4 Å². The number of rotatable bonds is 10. The lowest BCUT2D eigenvalue weighted by molar-refractivity contribution is -0.118. The molecule has 0 spiro atoms. The van der Waals surface area contributed by atoms with Crippen molar-refractivity contribution in [3.8, 4) is 0 Å². The van der Waals surface area contributed by atoms with Crippen molar-refractivity contribution in [3.05, 3.63) is 63.6 Å². The number of nitrogens with zero attached hydrogens (tertiary/aromatic N) is 3. The summed E-state index contributed by atoms with van der Waals surface area (Å²) in [6.07, 6.45) is 10.0. The van der Waals surface area contributed by atoms with Crippen LogP contribution >= 0.6 is 0 Å². The Bertz CT molecular complexity index is 1700. The molecule has 2 atom stereocenters. The largest absolute Gasteiger partial charge is 0.506 e. The summed E-state index contributed by atoms with van der Waals surface area (Å²) < 4.78 is 0. The standard InChI is InChI=1S/C40H54N4O4/c1-11-13-15-17-33(45)41-29-21-31-27(39(5,6)23(3)43(31)9)19-25(29)35-37(47)36(38(35)48)26-20-28-32(44(10)24(4)40(28,7)8)22-30(26)42-34(46)18-16-14-12-2/h19-24,47H,11-18H2,1-10H3,(H,41,45)/b36-26+,42-30?. The molecule has 8 heteroatoms. The highest BCUT2D eigenvalue weighted by Gasteiger charge is 2.47. The number of allylic oxidation sites excluding steroid dienone is 6. The van der Waals surface area contributed by atoms with Gasteiger partial charge in [-0.3, -0.25) is 14.4 Å². The summed E-state index contributed by atoms with van der Waals surface area (Å²) in [5.41, 5.74) is 5.86. The van der Waals surface area contributed by atoms with Gasteiger partial charge in [-0.25, -0.2) is 4.99 Å². The number of aliphatic hydroxyl groups is 1. The number of carbonyl (C=O) groups is 3. The Hall–Kier alpha value is -3.94. The third kappa shape index (κ3) is 5.85. The maximum absolute atomic E-state index is 14.3. The lowest BCUT2D eigenvalue weighted by atomic mass is 9.73. The molecular formula is C40H54N4O4. The van der Waals surface area contributed by atoms with Gasteiger partial charge in [-0.05, 0) is 62.1 Å². The van der Waals surface area contributed by atoms with E-state index in [1.54, 1.807) is 0 Å². The molecule has 0 aromatic heterocycles. The molecule has 2 aliphatic carbocycles. The summed E-state index contributed by atoms with van der Waals surface area (Å²) in [5, 5.41) is 14.9. The van der Waals surface area contributed by atoms with Crippen LogP contribution in [0.15, 0.2) is 57.5 Å². The molecule has 5 rings (SSSR count). The minimum absolute atomic E-state index is 0.115. The van der Waals surface area contributed by atoms with Crippen LogP contribution in [0.4, 0.5) is 11.4 Å². The summed E-state index contributed by atoms with van der Waals surface area (Å²) in [6.45, 7) is 17.2. The van der Waals surface area contributed by atoms with E-state index in [0.29, 0.717) is 35.4 Å². The molecular weight excluding hydrogens is 600 g/mol. The van der Waals surface area contributed by atoms with Gasteiger partial charge in [0.25, 0.3) is 0 Å². The van der Waals surface area contributed by atoms with Crippen molar-refractivity contribution in [2.75, 3.05) is 24.3 Å². The lowest BCUT2D eigenvalue weighted by Gasteiger charge is -2.30. The molecule has 1 aromatic carbocycles. The van der Waals surface area contributed by atoms with Crippen molar-refractivity contribution in [2.45, 2.75) is 124 Å². The second kappa shape index (κ2) is 13.2. The Labute approximate surface area is 286 Å². The van der Waals surface area contributed by atoms with Gasteiger partial charge in [-0.2, -0.15) is 0 Å². The summed E-state index contributed by atoms with van der Waals surface area (Å²) in [5.74, 6) is -0.805. The SMILES string of the molecule is CCCCCC(=O)N=C1C=C2C(=C/C1=C1\C(=O)C(c3cc4c(cc3NC(=O)CCCCC)N(C)C(C)C4(C)C)=C1O)C(C)(C)C(C)N2C. The van der Waals surface area contributed by atoms with E-state index in [2.05, 4.69) is 75.5 Å². The zero-order valence-electron chi connectivity index (χ0n) is 30.6. The van der Waals surface area contributed by atoms with Crippen molar-refractivity contribution < 1.29 is 19.5 Å². The monoisotopic (exact) mass is 654 g/mol. The van der Waals surface area contributed by atoms with E-state index in [1.807, 2.05) is 38.4 Å². The van der Waals surface area contributed by atoms with E-state index < -0.39 is 0 Å². The fourth-order valence-electron chi connectivity index (χ4n) is 7.59. The molecule has 4 aliphatic rings. The van der Waals surface area contributed by atoms with Crippen LogP contribution in [0, 0.1) is 5.41 Å². The first-order valence-corrected chi connectivity index (χ1v) is 17.8. The van der Waals surface area contributed by atoms with Crippen LogP contribution in [0.2, 0.25) is 0 Å². The molecule has 1 fully saturated rings. The number of hydrogen-bond acceptors (Lipinski definition) is 6. The number of unbranched alkanes of at least 4 members (excludes halogenated alkanes) is 4. The average molecular weight is 655 g/mol. The number of aliphatic hydroxyl groups excluding tert-OH is 1. The smallest absolute Gasteiger partial charge is 0.246 e. The number of Topliss-reactive ketones (excluding diaryl/α,β-unsaturated/α-hetero) is 1. The molecule has 0 radical (unpaired) electrons. The van der Waals surface area contributed by atoms with E-state index in [0.717, 1.165) is 61.0 Å². The van der Waals surface area contributed by atoms with Gasteiger partial charge in [-0.1, -0.05) is 67.2 Å². The van der Waals surface area contributed by atoms with Crippen LogP contribution in [0.3, 0.4) is 0 Å². The molecule has 2 unspecified atom stereocenters. The van der Waals surface area contributed by atoms with Gasteiger partial charge in [0.05, 0.1) is 22.5 Å². The van der Waals surface area contributed by atoms with Crippen molar-refractivity contribution in [2.24, 2.45) is 10.4 Å². The molecule has 2 aliphatic heterocycles. The van der Waals surface area contributed by atoms with Crippen molar-refractivity contribution in [3.63, 3.8) is 0 Å². The van der Waals surface area contributed by atoms with Crippen molar-refractivity contribution in [1.82, 2.24) is 4.90 Å². The number of hydrogen-bond donors (Lipinski definition) is 2. The predicted octanol–water partition coefficient (Wildman–Crippen LogP) is 8.20. The quantitative estimate of drug-likeness (QED) is 0.195. The highest BCUT2D eigenvalue weighted by atomic mass is 16.3. The second-order valence-electron chi connectivity index (χ2n) is 15.2. The van der Waals surface area contributed by atoms with Gasteiger partial charge in [0.15, 0.2) is 0 Å². The Morgan fingerprint density at radius 2 is 1.50 bits per heavy atom. The average Bonchev–Trinajstić information content (AvgIpc) is 3.30. The number of likely N-dealkylation sites (tertiary alicyclic amines) is 1. The molecule has 2 heterocycles. The minimum Gasteiger partial charge on any atom is -0.506 e. The number of likely N-dealkylation sites (N-methyl/N-ethyl adjacent to an activating group) is 2. The van der Waals surface area contributed by atoms with Gasteiger partial charge in [0.2, 0.25) is 17.6 Å². The Balaban J connectivity index is 1.66. The molecule has 2 amide bonds. The first-order chi connectivity index (χ1) is 22.6. The molecule has 48 heavy (non-hydrogen) atoms. The van der Waals surface area contributed by atoms with Crippen molar-refractivity contribution >= 4 is 40.3 Å².